The largest absolute Gasteiger partial charge is 0.481 e. The van der Waals surface area contributed by atoms with Gasteiger partial charge in [0, 0.05) is 20.8 Å². The van der Waals surface area contributed by atoms with Gasteiger partial charge in [-0.2, -0.15) is 0 Å². The zero-order valence-corrected chi connectivity index (χ0v) is 12.1. The molecule has 0 aliphatic carbocycles. The number of aliphatic hydroxyl groups is 4. The Labute approximate surface area is 128 Å². The van der Waals surface area contributed by atoms with Gasteiger partial charge in [-0.3, -0.25) is 24.8 Å². The van der Waals surface area contributed by atoms with Crippen LogP contribution in [0.5, 0.6) is 0 Å². The maximum absolute atomic E-state index is 9.00. The fourth-order valence-electron chi connectivity index (χ4n) is 0.214. The van der Waals surface area contributed by atoms with E-state index in [0.717, 1.165) is 20.8 Å². The molecule has 15 heteroatoms. The minimum Gasteiger partial charge on any atom is -0.481 e. The van der Waals surface area contributed by atoms with Crippen LogP contribution in [-0.4, -0.2) is 86.3 Å². The first-order chi connectivity index (χ1) is 9.95. The number of rotatable bonds is 3. The van der Waals surface area contributed by atoms with E-state index in [9.17, 15) is 0 Å². The number of carboxylic acid groups (broad SMARTS) is 3. The molecular formula is C8H20N2O13. The van der Waals surface area contributed by atoms with Gasteiger partial charge in [0.25, 0.3) is 17.9 Å². The summed E-state index contributed by atoms with van der Waals surface area (Å²) in [4.78, 5) is 27.0. The van der Waals surface area contributed by atoms with Gasteiger partial charge in [0.2, 0.25) is 0 Å². The van der Waals surface area contributed by atoms with Crippen LogP contribution in [0.4, 0.5) is 0 Å². The third-order valence-corrected chi connectivity index (χ3v) is 0.902. The number of carbonyl (C=O) groups is 3. The normalized spacial score (nSPS) is 10.0. The van der Waals surface area contributed by atoms with Crippen molar-refractivity contribution in [2.45, 2.75) is 32.6 Å². The Morgan fingerprint density at radius 1 is 0.783 bits per heavy atom. The predicted molar refractivity (Wildman–Crippen MR) is 64.6 cm³/mol. The summed E-state index contributed by atoms with van der Waals surface area (Å²) in [5.41, 5.74) is 0.612. The summed E-state index contributed by atoms with van der Waals surface area (Å²) in [6.07, 6.45) is 0. The van der Waals surface area contributed by atoms with Crippen LogP contribution in [0, 0.1) is 0 Å². The molecule has 140 valence electrons. The fraction of sp³-hybridized carbons (Fsp3) is 0.625. The number of hydrogen-bond donors (Lipinski definition) is 11. The lowest BCUT2D eigenvalue weighted by atomic mass is 10.4. The number of carboxylic acids is 3. The fourth-order valence-corrected chi connectivity index (χ4v) is 0.214. The summed E-state index contributed by atoms with van der Waals surface area (Å²) in [5.74, 6) is -10.1. The lowest BCUT2D eigenvalue weighted by Crippen LogP contribution is -2.68. The molecule has 0 radical (unpaired) electrons. The Morgan fingerprint density at radius 2 is 0.957 bits per heavy atom. The minimum absolute atomic E-state index is 0.612. The Morgan fingerprint density at radius 3 is 1.00 bits per heavy atom. The molecule has 0 aromatic carbocycles. The maximum atomic E-state index is 9.00. The van der Waals surface area contributed by atoms with Crippen molar-refractivity contribution in [3.8, 4) is 0 Å². The number of hydrogen-bond acceptors (Lipinski definition) is 12. The summed E-state index contributed by atoms with van der Waals surface area (Å²) in [6, 6.07) is 0. The Kier molecular flexibility index (Phi) is 17.3. The predicted octanol–water partition coefficient (Wildman–Crippen LogP) is -3.40. The van der Waals surface area contributed by atoms with Gasteiger partial charge in [-0.1, -0.05) is 0 Å². The number of nitrogens with zero attached hydrogens (tertiary/aromatic N) is 1. The van der Waals surface area contributed by atoms with Crippen molar-refractivity contribution in [2.75, 3.05) is 0 Å². The molecule has 0 atom stereocenters. The lowest BCUT2D eigenvalue weighted by molar-refractivity contribution is -0.549. The van der Waals surface area contributed by atoms with Gasteiger partial charge < -0.3 is 41.0 Å². The quantitative estimate of drug-likeness (QED) is 0.174. The molecule has 0 aliphatic rings. The van der Waals surface area contributed by atoms with Crippen molar-refractivity contribution in [1.82, 2.24) is 10.7 Å². The molecular weight excluding hydrogens is 332 g/mol. The topological polar surface area (TPSA) is 269 Å². The zero-order valence-electron chi connectivity index (χ0n) is 12.1. The second-order valence-corrected chi connectivity index (χ2v) is 3.27. The average Bonchev–Trinajstić information content (AvgIpc) is 2.26. The highest BCUT2D eigenvalue weighted by Crippen LogP contribution is 2.14. The van der Waals surface area contributed by atoms with Crippen molar-refractivity contribution >= 4 is 17.9 Å². The van der Waals surface area contributed by atoms with Gasteiger partial charge in [-0.15, -0.1) is 5.48 Å². The number of nitrogens with one attached hydrogen (secondary N) is 1. The molecule has 0 saturated heterocycles. The van der Waals surface area contributed by atoms with E-state index in [1.807, 2.05) is 0 Å². The summed E-state index contributed by atoms with van der Waals surface area (Å²) in [6.45, 7) is 3.25. The monoisotopic (exact) mass is 352 g/mol. The maximum Gasteiger partial charge on any atom is 0.345 e. The van der Waals surface area contributed by atoms with Gasteiger partial charge in [0.1, 0.15) is 0 Å². The highest BCUT2D eigenvalue weighted by molar-refractivity contribution is 5.63. The van der Waals surface area contributed by atoms with Crippen molar-refractivity contribution in [3.05, 3.63) is 0 Å². The number of aliphatic carboxylic acids is 3. The SMILES string of the molecule is CC(=O)O.CC(=O)O.CC(=O)O.ONC(O)(O)C(O)(O)N(O)O. The van der Waals surface area contributed by atoms with Crippen molar-refractivity contribution in [3.63, 3.8) is 0 Å². The van der Waals surface area contributed by atoms with Crippen LogP contribution < -0.4 is 5.48 Å². The standard InChI is InChI=1S/C2H8N2O7.3C2H4O2/c5-1(6,3-9)2(7,8)4(10)11;3*1-2(3)4/h3,5-11H;3*1H3,(H,3,4). The van der Waals surface area contributed by atoms with Crippen molar-refractivity contribution in [1.29, 1.82) is 0 Å². The molecule has 11 N–H and O–H groups in total. The van der Waals surface area contributed by atoms with Crippen LogP contribution in [0.25, 0.3) is 0 Å². The number of hydroxylamine groups is 3. The highest BCUT2D eigenvalue weighted by Gasteiger charge is 2.53. The summed E-state index contributed by atoms with van der Waals surface area (Å²) < 4.78 is 0. The van der Waals surface area contributed by atoms with E-state index in [1.165, 1.54) is 0 Å². The molecule has 0 spiro atoms. The van der Waals surface area contributed by atoms with Crippen LogP contribution in [0.1, 0.15) is 20.8 Å². The zero-order chi connectivity index (χ0) is 20.0. The second kappa shape index (κ2) is 13.7. The van der Waals surface area contributed by atoms with Crippen LogP contribution in [0.15, 0.2) is 0 Å². The van der Waals surface area contributed by atoms with E-state index in [4.69, 9.17) is 65.8 Å². The van der Waals surface area contributed by atoms with Gasteiger partial charge in [0.05, 0.1) is 0 Å². The van der Waals surface area contributed by atoms with Gasteiger partial charge in [-0.25, -0.2) is 0 Å². The summed E-state index contributed by atoms with van der Waals surface area (Å²) >= 11 is 0. The summed E-state index contributed by atoms with van der Waals surface area (Å²) in [7, 11) is 0. The molecule has 0 saturated carbocycles. The van der Waals surface area contributed by atoms with E-state index in [0.29, 0.717) is 5.48 Å². The molecule has 15 nitrogen and oxygen atoms in total. The summed E-state index contributed by atoms with van der Waals surface area (Å²) in [5, 5.41) is 78.2. The molecule has 0 unspecified atom stereocenters. The van der Waals surface area contributed by atoms with E-state index in [1.54, 1.807) is 0 Å². The third-order valence-electron chi connectivity index (χ3n) is 0.902. The van der Waals surface area contributed by atoms with Gasteiger partial charge in [0.15, 0.2) is 0 Å². The van der Waals surface area contributed by atoms with Crippen LogP contribution >= 0.6 is 0 Å². The molecule has 0 heterocycles. The molecule has 0 fully saturated rings. The van der Waals surface area contributed by atoms with Crippen LogP contribution in [0.3, 0.4) is 0 Å². The molecule has 0 aromatic heterocycles. The Hall–Kier alpha value is -1.95. The second-order valence-electron chi connectivity index (χ2n) is 3.27. The molecule has 0 rings (SSSR count). The van der Waals surface area contributed by atoms with Crippen LogP contribution in [0.2, 0.25) is 0 Å². The van der Waals surface area contributed by atoms with Crippen molar-refractivity contribution < 1.29 is 65.8 Å². The molecule has 0 amide bonds. The smallest absolute Gasteiger partial charge is 0.345 e. The molecule has 0 bridgehead atoms. The first kappa shape index (κ1) is 29.1. The minimum atomic E-state index is -3.86. The van der Waals surface area contributed by atoms with Gasteiger partial charge >= 0.3 is 11.8 Å². The molecule has 23 heavy (non-hydrogen) atoms. The van der Waals surface area contributed by atoms with Crippen LogP contribution in [-0.2, 0) is 14.4 Å². The third kappa shape index (κ3) is 25.4. The molecule has 0 aliphatic heterocycles. The first-order valence-corrected chi connectivity index (χ1v) is 5.02. The first-order valence-electron chi connectivity index (χ1n) is 5.02. The Balaban J connectivity index is -0.000000124. The van der Waals surface area contributed by atoms with E-state index < -0.39 is 35.0 Å². The molecule has 0 aromatic rings. The van der Waals surface area contributed by atoms with Gasteiger partial charge in [-0.05, 0) is 5.23 Å². The Bertz CT molecular complexity index is 313. The van der Waals surface area contributed by atoms with E-state index in [2.05, 4.69) is 0 Å². The highest BCUT2D eigenvalue weighted by atomic mass is 16.9. The average molecular weight is 352 g/mol. The van der Waals surface area contributed by atoms with E-state index in [-0.39, 0.29) is 0 Å². The van der Waals surface area contributed by atoms with E-state index >= 15 is 0 Å². The van der Waals surface area contributed by atoms with Crippen molar-refractivity contribution in [2.24, 2.45) is 0 Å². The lowest BCUT2D eigenvalue weighted by Gasteiger charge is -2.33.